The number of hydrogen-bond donors (Lipinski definition) is 3. The summed E-state index contributed by atoms with van der Waals surface area (Å²) in [5, 5.41) is 14.1. The summed E-state index contributed by atoms with van der Waals surface area (Å²) in [5.41, 5.74) is 7.66. The van der Waals surface area contributed by atoms with E-state index < -0.39 is 0 Å². The molecule has 2 aromatic carbocycles. The molecule has 0 heterocycles. The summed E-state index contributed by atoms with van der Waals surface area (Å²) < 4.78 is 0. The van der Waals surface area contributed by atoms with Gasteiger partial charge in [-0.15, -0.1) is 0 Å². The number of hydrogen-bond acceptors (Lipinski definition) is 3. The lowest BCUT2D eigenvalue weighted by Gasteiger charge is -2.10. The fourth-order valence-electron chi connectivity index (χ4n) is 1.67. The lowest BCUT2D eigenvalue weighted by molar-refractivity contribution is 0.311. The summed E-state index contributed by atoms with van der Waals surface area (Å²) in [6.45, 7) is 0.673. The number of nitrogens with two attached hydrogens (primary N) is 1. The highest BCUT2D eigenvalue weighted by Crippen LogP contribution is 2.27. The Morgan fingerprint density at radius 1 is 1.07 bits per heavy atom. The summed E-state index contributed by atoms with van der Waals surface area (Å²) >= 11 is 0. The quantitative estimate of drug-likeness (QED) is 0.665. The number of fused-ring (bicyclic) bond motifs is 1. The van der Waals surface area contributed by atoms with Gasteiger partial charge in [0.1, 0.15) is 0 Å². The van der Waals surface area contributed by atoms with Crippen molar-refractivity contribution in [3.05, 3.63) is 36.4 Å². The van der Waals surface area contributed by atoms with Crippen molar-refractivity contribution < 1.29 is 5.11 Å². The van der Waals surface area contributed by atoms with Crippen LogP contribution in [0.2, 0.25) is 0 Å². The number of benzene rings is 2. The largest absolute Gasteiger partial charge is 0.398 e. The fraction of sp³-hybridized carbons (Fsp3) is 0.167. The summed E-state index contributed by atoms with van der Waals surface area (Å²) in [7, 11) is 0. The zero-order valence-corrected chi connectivity index (χ0v) is 8.40. The molecule has 0 unspecified atom stereocenters. The van der Waals surface area contributed by atoms with Crippen LogP contribution < -0.4 is 11.1 Å². The molecule has 0 aliphatic heterocycles. The summed E-state index contributed by atoms with van der Waals surface area (Å²) in [6, 6.07) is 11.8. The van der Waals surface area contributed by atoms with Crippen LogP contribution in [0.4, 0.5) is 11.4 Å². The third-order valence-corrected chi connectivity index (χ3v) is 2.39. The van der Waals surface area contributed by atoms with E-state index >= 15 is 0 Å². The number of rotatable bonds is 3. The van der Waals surface area contributed by atoms with E-state index in [4.69, 9.17) is 10.8 Å². The average Bonchev–Trinajstić information content (AvgIpc) is 2.29. The Balaban J connectivity index is 2.51. The van der Waals surface area contributed by atoms with Gasteiger partial charge in [-0.05, 0) is 12.1 Å². The predicted octanol–water partition coefficient (Wildman–Crippen LogP) is 1.83. The molecule has 0 aliphatic rings. The third-order valence-electron chi connectivity index (χ3n) is 2.39. The van der Waals surface area contributed by atoms with Gasteiger partial charge in [-0.2, -0.15) is 0 Å². The van der Waals surface area contributed by atoms with Gasteiger partial charge in [0.15, 0.2) is 0 Å². The Labute approximate surface area is 88.5 Å². The van der Waals surface area contributed by atoms with Crippen LogP contribution in [0, 0.1) is 0 Å². The highest BCUT2D eigenvalue weighted by Gasteiger charge is 2.01. The fourth-order valence-corrected chi connectivity index (χ4v) is 1.67. The van der Waals surface area contributed by atoms with Gasteiger partial charge in [0, 0.05) is 28.7 Å². The molecule has 0 saturated carbocycles. The molecular formula is C12H14N2O. The van der Waals surface area contributed by atoms with Crippen LogP contribution in [0.1, 0.15) is 0 Å². The average molecular weight is 202 g/mol. The van der Waals surface area contributed by atoms with Crippen LogP contribution in [-0.2, 0) is 0 Å². The standard InChI is InChI=1S/C12H14N2O/c13-11-5-6-12(14-7-8-15)10-4-2-1-3-9(10)11/h1-6,14-15H,7-8,13H2. The van der Waals surface area contributed by atoms with Crippen molar-refractivity contribution in [3.63, 3.8) is 0 Å². The molecular weight excluding hydrogens is 188 g/mol. The van der Waals surface area contributed by atoms with Crippen molar-refractivity contribution in [3.8, 4) is 0 Å². The highest BCUT2D eigenvalue weighted by atomic mass is 16.3. The minimum absolute atomic E-state index is 0.124. The Kier molecular flexibility index (Phi) is 2.74. The minimum Gasteiger partial charge on any atom is -0.398 e. The Hall–Kier alpha value is -1.74. The molecule has 4 N–H and O–H groups in total. The van der Waals surface area contributed by atoms with Gasteiger partial charge < -0.3 is 16.2 Å². The molecule has 0 fully saturated rings. The van der Waals surface area contributed by atoms with Gasteiger partial charge in [0.05, 0.1) is 6.61 Å². The van der Waals surface area contributed by atoms with E-state index in [2.05, 4.69) is 5.32 Å². The van der Waals surface area contributed by atoms with Crippen molar-refractivity contribution in [1.29, 1.82) is 0 Å². The topological polar surface area (TPSA) is 58.3 Å². The van der Waals surface area contributed by atoms with E-state index in [0.717, 1.165) is 22.1 Å². The van der Waals surface area contributed by atoms with Crippen LogP contribution in [-0.4, -0.2) is 18.3 Å². The first-order valence-corrected chi connectivity index (χ1v) is 4.95. The van der Waals surface area contributed by atoms with E-state index in [0.29, 0.717) is 6.54 Å². The summed E-state index contributed by atoms with van der Waals surface area (Å²) in [5.74, 6) is 0. The Bertz CT molecular complexity index is 468. The lowest BCUT2D eigenvalue weighted by atomic mass is 10.1. The summed E-state index contributed by atoms with van der Waals surface area (Å²) in [4.78, 5) is 0. The molecule has 3 nitrogen and oxygen atoms in total. The maximum Gasteiger partial charge on any atom is 0.0604 e. The molecule has 3 heteroatoms. The van der Waals surface area contributed by atoms with Gasteiger partial charge in [-0.25, -0.2) is 0 Å². The van der Waals surface area contributed by atoms with Crippen LogP contribution >= 0.6 is 0 Å². The van der Waals surface area contributed by atoms with Gasteiger partial charge in [0.2, 0.25) is 0 Å². The molecule has 0 bridgehead atoms. The van der Waals surface area contributed by atoms with Gasteiger partial charge >= 0.3 is 0 Å². The maximum absolute atomic E-state index is 8.77. The highest BCUT2D eigenvalue weighted by molar-refractivity contribution is 6.01. The lowest BCUT2D eigenvalue weighted by Crippen LogP contribution is -2.05. The molecule has 0 amide bonds. The number of aliphatic hydroxyl groups excluding tert-OH is 1. The Morgan fingerprint density at radius 2 is 1.80 bits per heavy atom. The monoisotopic (exact) mass is 202 g/mol. The normalized spacial score (nSPS) is 10.5. The second kappa shape index (κ2) is 4.19. The molecule has 0 aliphatic carbocycles. The zero-order valence-electron chi connectivity index (χ0n) is 8.40. The third kappa shape index (κ3) is 1.87. The first-order valence-electron chi connectivity index (χ1n) is 4.95. The number of nitrogen functional groups attached to an aromatic ring is 1. The number of aliphatic hydroxyl groups is 1. The SMILES string of the molecule is Nc1ccc(NCCO)c2ccccc12. The van der Waals surface area contributed by atoms with E-state index in [9.17, 15) is 0 Å². The van der Waals surface area contributed by atoms with E-state index in [1.54, 1.807) is 0 Å². The van der Waals surface area contributed by atoms with E-state index in [-0.39, 0.29) is 6.61 Å². The van der Waals surface area contributed by atoms with Crippen molar-refractivity contribution in [2.75, 3.05) is 24.2 Å². The number of anilines is 2. The predicted molar refractivity (Wildman–Crippen MR) is 63.9 cm³/mol. The van der Waals surface area contributed by atoms with Crippen molar-refractivity contribution in [2.24, 2.45) is 0 Å². The molecule has 0 saturated heterocycles. The second-order valence-corrected chi connectivity index (χ2v) is 3.40. The zero-order chi connectivity index (χ0) is 10.7. The first-order chi connectivity index (χ1) is 7.33. The van der Waals surface area contributed by atoms with Crippen LogP contribution in [0.15, 0.2) is 36.4 Å². The smallest absolute Gasteiger partial charge is 0.0604 e. The molecule has 2 aromatic rings. The number of nitrogens with one attached hydrogen (secondary N) is 1. The van der Waals surface area contributed by atoms with Crippen LogP contribution in [0.25, 0.3) is 10.8 Å². The second-order valence-electron chi connectivity index (χ2n) is 3.40. The van der Waals surface area contributed by atoms with Gasteiger partial charge in [-0.3, -0.25) is 0 Å². The maximum atomic E-state index is 8.77. The Morgan fingerprint density at radius 3 is 2.53 bits per heavy atom. The van der Waals surface area contributed by atoms with Gasteiger partial charge in [0.25, 0.3) is 0 Å². The molecule has 0 atom stereocenters. The van der Waals surface area contributed by atoms with Crippen molar-refractivity contribution in [2.45, 2.75) is 0 Å². The van der Waals surface area contributed by atoms with Crippen LogP contribution in [0.3, 0.4) is 0 Å². The minimum atomic E-state index is 0.124. The van der Waals surface area contributed by atoms with Gasteiger partial charge in [-0.1, -0.05) is 24.3 Å². The molecule has 2 rings (SSSR count). The van der Waals surface area contributed by atoms with Crippen molar-refractivity contribution >= 4 is 22.1 Å². The molecule has 0 spiro atoms. The summed E-state index contributed by atoms with van der Waals surface area (Å²) in [6.07, 6.45) is 0. The van der Waals surface area contributed by atoms with E-state index in [1.807, 2.05) is 36.4 Å². The van der Waals surface area contributed by atoms with Crippen LogP contribution in [0.5, 0.6) is 0 Å². The van der Waals surface area contributed by atoms with Crippen molar-refractivity contribution in [1.82, 2.24) is 0 Å². The molecule has 0 radical (unpaired) electrons. The molecule has 0 aromatic heterocycles. The first kappa shape index (κ1) is 9.80. The van der Waals surface area contributed by atoms with E-state index in [1.165, 1.54) is 0 Å². The molecule has 78 valence electrons. The molecule has 15 heavy (non-hydrogen) atoms.